The van der Waals surface area contributed by atoms with E-state index >= 15 is 0 Å². The SMILES string of the molecule is C=C(C)C(=O)O.COC(=O)c1cccc(C(=O)OC)c1. The van der Waals surface area contributed by atoms with E-state index < -0.39 is 17.9 Å². The summed E-state index contributed by atoms with van der Waals surface area (Å²) in [5, 5.41) is 7.89. The number of methoxy groups -OCH3 is 2. The third kappa shape index (κ3) is 5.81. The number of carboxylic acid groups (broad SMARTS) is 1. The highest BCUT2D eigenvalue weighted by Gasteiger charge is 2.09. The Kier molecular flexibility index (Phi) is 7.35. The molecule has 0 saturated carbocycles. The largest absolute Gasteiger partial charge is 0.478 e. The standard InChI is InChI=1S/C10H10O4.C4H6O2/c1-13-9(11)7-4-3-5-8(6-7)10(12)14-2;1-3(2)4(5)6/h3-6H,1-2H3;1H2,2H3,(H,5,6). The van der Waals surface area contributed by atoms with E-state index in [-0.39, 0.29) is 5.57 Å². The minimum absolute atomic E-state index is 0.176. The average Bonchev–Trinajstić information content (AvgIpc) is 2.46. The summed E-state index contributed by atoms with van der Waals surface area (Å²) < 4.78 is 9.03. The first-order valence-electron chi connectivity index (χ1n) is 5.49. The molecule has 0 aliphatic rings. The first-order valence-corrected chi connectivity index (χ1v) is 5.49. The molecule has 0 heterocycles. The van der Waals surface area contributed by atoms with Crippen LogP contribution in [0.4, 0.5) is 0 Å². The lowest BCUT2D eigenvalue weighted by Crippen LogP contribution is -2.05. The highest BCUT2D eigenvalue weighted by molar-refractivity contribution is 5.95. The van der Waals surface area contributed by atoms with Crippen molar-refractivity contribution in [1.82, 2.24) is 0 Å². The predicted octanol–water partition coefficient (Wildman–Crippen LogP) is 1.91. The molecule has 0 aromatic heterocycles. The number of ether oxygens (including phenoxy) is 2. The minimum atomic E-state index is -0.935. The summed E-state index contributed by atoms with van der Waals surface area (Å²) in [6, 6.07) is 6.16. The molecule has 1 rings (SSSR count). The maximum absolute atomic E-state index is 11.1. The number of hydrogen-bond acceptors (Lipinski definition) is 5. The number of rotatable bonds is 3. The van der Waals surface area contributed by atoms with Crippen LogP contribution in [0.5, 0.6) is 0 Å². The van der Waals surface area contributed by atoms with Gasteiger partial charge >= 0.3 is 17.9 Å². The molecular weight excluding hydrogens is 264 g/mol. The molecule has 0 amide bonds. The highest BCUT2D eigenvalue weighted by Crippen LogP contribution is 2.07. The molecule has 1 aromatic carbocycles. The second-order valence-corrected chi connectivity index (χ2v) is 3.65. The molecule has 0 spiro atoms. The fraction of sp³-hybridized carbons (Fsp3) is 0.214. The molecule has 1 aromatic rings. The van der Waals surface area contributed by atoms with Crippen LogP contribution < -0.4 is 0 Å². The molecule has 6 heteroatoms. The van der Waals surface area contributed by atoms with E-state index in [9.17, 15) is 14.4 Å². The van der Waals surface area contributed by atoms with E-state index in [1.165, 1.54) is 27.2 Å². The Morgan fingerprint density at radius 2 is 1.40 bits per heavy atom. The van der Waals surface area contributed by atoms with Gasteiger partial charge in [-0.2, -0.15) is 0 Å². The van der Waals surface area contributed by atoms with Gasteiger partial charge in [-0.25, -0.2) is 14.4 Å². The molecule has 108 valence electrons. The molecule has 0 atom stereocenters. The van der Waals surface area contributed by atoms with Gasteiger partial charge in [-0.05, 0) is 25.1 Å². The van der Waals surface area contributed by atoms with Crippen LogP contribution in [0.15, 0.2) is 36.4 Å². The van der Waals surface area contributed by atoms with Crippen molar-refractivity contribution in [2.75, 3.05) is 14.2 Å². The lowest BCUT2D eigenvalue weighted by molar-refractivity contribution is -0.132. The zero-order chi connectivity index (χ0) is 15.7. The van der Waals surface area contributed by atoms with E-state index in [1.807, 2.05) is 0 Å². The van der Waals surface area contributed by atoms with Crippen LogP contribution in [-0.4, -0.2) is 37.2 Å². The molecule has 0 bridgehead atoms. The summed E-state index contributed by atoms with van der Waals surface area (Å²) in [7, 11) is 2.57. The molecule has 6 nitrogen and oxygen atoms in total. The maximum atomic E-state index is 11.1. The first-order chi connectivity index (χ1) is 9.33. The monoisotopic (exact) mass is 280 g/mol. The molecule has 0 aliphatic carbocycles. The quantitative estimate of drug-likeness (QED) is 0.672. The molecule has 0 fully saturated rings. The van der Waals surface area contributed by atoms with Crippen molar-refractivity contribution in [2.24, 2.45) is 0 Å². The van der Waals surface area contributed by atoms with Gasteiger partial charge in [-0.3, -0.25) is 0 Å². The maximum Gasteiger partial charge on any atom is 0.337 e. The van der Waals surface area contributed by atoms with Crippen LogP contribution in [0.3, 0.4) is 0 Å². The zero-order valence-corrected chi connectivity index (χ0v) is 11.5. The first kappa shape index (κ1) is 17.4. The van der Waals surface area contributed by atoms with E-state index in [1.54, 1.807) is 18.2 Å². The average molecular weight is 280 g/mol. The number of carbonyl (C=O) groups excluding carboxylic acids is 2. The summed E-state index contributed by atoms with van der Waals surface area (Å²) in [6.45, 7) is 4.60. The van der Waals surface area contributed by atoms with Gasteiger partial charge in [-0.15, -0.1) is 0 Å². The molecule has 0 saturated heterocycles. The van der Waals surface area contributed by atoms with Crippen LogP contribution >= 0.6 is 0 Å². The number of carboxylic acids is 1. The van der Waals surface area contributed by atoms with Crippen molar-refractivity contribution >= 4 is 17.9 Å². The molecule has 1 N–H and O–H groups in total. The van der Waals surface area contributed by atoms with Crippen molar-refractivity contribution < 1.29 is 29.0 Å². The second kappa shape index (κ2) is 8.47. The lowest BCUT2D eigenvalue weighted by atomic mass is 10.1. The summed E-state index contributed by atoms with van der Waals surface area (Å²) in [6.07, 6.45) is 0. The zero-order valence-electron chi connectivity index (χ0n) is 11.5. The number of carbonyl (C=O) groups is 3. The molecule has 0 aliphatic heterocycles. The van der Waals surface area contributed by atoms with Crippen LogP contribution in [0.1, 0.15) is 27.6 Å². The normalized spacial score (nSPS) is 8.75. The Hall–Kier alpha value is -2.63. The van der Waals surface area contributed by atoms with E-state index in [2.05, 4.69) is 16.1 Å². The summed E-state index contributed by atoms with van der Waals surface area (Å²) >= 11 is 0. The highest BCUT2D eigenvalue weighted by atomic mass is 16.5. The third-order valence-corrected chi connectivity index (χ3v) is 2.07. The lowest BCUT2D eigenvalue weighted by Gasteiger charge is -2.01. The summed E-state index contributed by atoms with van der Waals surface area (Å²) in [4.78, 5) is 31.8. The van der Waals surface area contributed by atoms with Gasteiger partial charge in [0.2, 0.25) is 0 Å². The minimum Gasteiger partial charge on any atom is -0.478 e. The van der Waals surface area contributed by atoms with Crippen molar-refractivity contribution in [3.05, 3.63) is 47.5 Å². The van der Waals surface area contributed by atoms with Crippen LogP contribution in [0.25, 0.3) is 0 Å². The fourth-order valence-electron chi connectivity index (χ4n) is 1.01. The fourth-order valence-corrected chi connectivity index (χ4v) is 1.01. The topological polar surface area (TPSA) is 89.9 Å². The van der Waals surface area contributed by atoms with Crippen molar-refractivity contribution in [3.8, 4) is 0 Å². The van der Waals surface area contributed by atoms with E-state index in [0.29, 0.717) is 11.1 Å². The van der Waals surface area contributed by atoms with Crippen molar-refractivity contribution in [3.63, 3.8) is 0 Å². The Morgan fingerprint density at radius 1 is 1.05 bits per heavy atom. The Morgan fingerprint density at radius 3 is 1.65 bits per heavy atom. The number of hydrogen-bond donors (Lipinski definition) is 1. The third-order valence-electron chi connectivity index (χ3n) is 2.07. The molecule has 0 unspecified atom stereocenters. The van der Waals surface area contributed by atoms with Gasteiger partial charge in [0.15, 0.2) is 0 Å². The van der Waals surface area contributed by atoms with Gasteiger partial charge in [0.05, 0.1) is 25.3 Å². The van der Waals surface area contributed by atoms with E-state index in [0.717, 1.165) is 0 Å². The Labute approximate surface area is 116 Å². The van der Waals surface area contributed by atoms with Gasteiger partial charge in [0, 0.05) is 5.57 Å². The molecular formula is C14H16O6. The molecule has 0 radical (unpaired) electrons. The van der Waals surface area contributed by atoms with Crippen LogP contribution in [0, 0.1) is 0 Å². The Balaban J connectivity index is 0.000000511. The van der Waals surface area contributed by atoms with Gasteiger partial charge in [0.1, 0.15) is 0 Å². The predicted molar refractivity (Wildman–Crippen MR) is 71.6 cm³/mol. The number of aliphatic carboxylic acids is 1. The second-order valence-electron chi connectivity index (χ2n) is 3.65. The van der Waals surface area contributed by atoms with Crippen LogP contribution in [0.2, 0.25) is 0 Å². The van der Waals surface area contributed by atoms with Crippen molar-refractivity contribution in [2.45, 2.75) is 6.92 Å². The summed E-state index contributed by atoms with van der Waals surface area (Å²) in [5.74, 6) is -1.89. The van der Waals surface area contributed by atoms with Gasteiger partial charge in [-0.1, -0.05) is 12.6 Å². The van der Waals surface area contributed by atoms with Gasteiger partial charge in [0.25, 0.3) is 0 Å². The summed E-state index contributed by atoms with van der Waals surface area (Å²) in [5.41, 5.74) is 0.834. The Bertz CT molecular complexity index is 475. The number of esters is 2. The number of benzene rings is 1. The van der Waals surface area contributed by atoms with Crippen LogP contribution in [-0.2, 0) is 14.3 Å². The van der Waals surface area contributed by atoms with E-state index in [4.69, 9.17) is 5.11 Å². The molecule has 20 heavy (non-hydrogen) atoms. The van der Waals surface area contributed by atoms with Crippen molar-refractivity contribution in [1.29, 1.82) is 0 Å². The smallest absolute Gasteiger partial charge is 0.337 e. The van der Waals surface area contributed by atoms with Gasteiger partial charge < -0.3 is 14.6 Å².